The highest BCUT2D eigenvalue weighted by molar-refractivity contribution is 7.80. The quantitative estimate of drug-likeness (QED) is 0.884. The van der Waals surface area contributed by atoms with Crippen LogP contribution in [0, 0.1) is 0 Å². The number of nitrogens with zero attached hydrogens (tertiary/aromatic N) is 1. The van der Waals surface area contributed by atoms with Crippen LogP contribution in [0.2, 0.25) is 5.02 Å². The predicted octanol–water partition coefficient (Wildman–Crippen LogP) is 2.76. The summed E-state index contributed by atoms with van der Waals surface area (Å²) in [6.45, 7) is 1.37. The molecule has 2 aromatic rings. The van der Waals surface area contributed by atoms with E-state index in [1.807, 2.05) is 35.0 Å². The van der Waals surface area contributed by atoms with E-state index < -0.39 is 0 Å². The van der Waals surface area contributed by atoms with E-state index in [0.717, 1.165) is 35.1 Å². The Morgan fingerprint density at radius 3 is 3.11 bits per heavy atom. The maximum absolute atomic E-state index is 6.16. The fourth-order valence-electron chi connectivity index (χ4n) is 2.42. The van der Waals surface area contributed by atoms with E-state index in [1.54, 1.807) is 0 Å². The van der Waals surface area contributed by atoms with Gasteiger partial charge in [0, 0.05) is 23.2 Å². The lowest BCUT2D eigenvalue weighted by Crippen LogP contribution is -2.16. The Bertz CT molecular complexity index is 651. The third-order valence-corrected chi connectivity index (χ3v) is 3.68. The van der Waals surface area contributed by atoms with Gasteiger partial charge in [-0.1, -0.05) is 23.8 Å². The van der Waals surface area contributed by atoms with Gasteiger partial charge in [0.25, 0.3) is 0 Å². The van der Waals surface area contributed by atoms with Crippen LogP contribution in [-0.2, 0) is 13.0 Å². The Hall–Kier alpha value is -1.52. The number of nitrogens with two attached hydrogens (primary N) is 1. The van der Waals surface area contributed by atoms with Crippen LogP contribution < -0.4 is 10.5 Å². The summed E-state index contributed by atoms with van der Waals surface area (Å²) >= 11 is 11.2. The van der Waals surface area contributed by atoms with Gasteiger partial charge in [-0.25, -0.2) is 0 Å². The molecule has 0 radical (unpaired) electrons. The van der Waals surface area contributed by atoms with Crippen molar-refractivity contribution in [1.29, 1.82) is 0 Å². The van der Waals surface area contributed by atoms with Gasteiger partial charge in [0.05, 0.1) is 18.8 Å². The summed E-state index contributed by atoms with van der Waals surface area (Å²) in [6, 6.07) is 7.75. The first-order valence-electron chi connectivity index (χ1n) is 6.04. The highest BCUT2D eigenvalue weighted by atomic mass is 35.5. The maximum atomic E-state index is 6.16. The lowest BCUT2D eigenvalue weighted by atomic mass is 10.1. The minimum atomic E-state index is 0.393. The van der Waals surface area contributed by atoms with Crippen molar-refractivity contribution in [2.75, 3.05) is 6.61 Å². The molecule has 5 heteroatoms. The molecule has 0 saturated heterocycles. The van der Waals surface area contributed by atoms with Crippen LogP contribution in [0.4, 0.5) is 0 Å². The first-order chi connectivity index (χ1) is 9.15. The number of ether oxygens (including phenoxy) is 1. The summed E-state index contributed by atoms with van der Waals surface area (Å²) in [7, 11) is 0. The van der Waals surface area contributed by atoms with Gasteiger partial charge in [0.15, 0.2) is 0 Å². The lowest BCUT2D eigenvalue weighted by molar-refractivity contribution is 0.352. The number of fused-ring (bicyclic) bond motifs is 1. The van der Waals surface area contributed by atoms with Crippen LogP contribution in [0.3, 0.4) is 0 Å². The van der Waals surface area contributed by atoms with Crippen molar-refractivity contribution >= 4 is 28.8 Å². The van der Waals surface area contributed by atoms with Gasteiger partial charge in [-0.2, -0.15) is 0 Å². The minimum absolute atomic E-state index is 0.393. The van der Waals surface area contributed by atoms with Crippen molar-refractivity contribution in [3.8, 4) is 5.75 Å². The number of halogens is 1. The minimum Gasteiger partial charge on any atom is -0.493 e. The molecule has 0 aliphatic carbocycles. The zero-order valence-corrected chi connectivity index (χ0v) is 11.8. The summed E-state index contributed by atoms with van der Waals surface area (Å²) in [6.07, 6.45) is 2.87. The number of hydrogen-bond donors (Lipinski definition) is 1. The third-order valence-electron chi connectivity index (χ3n) is 3.25. The predicted molar refractivity (Wildman–Crippen MR) is 80.1 cm³/mol. The van der Waals surface area contributed by atoms with E-state index in [9.17, 15) is 0 Å². The molecule has 1 aliphatic rings. The molecule has 1 aromatic heterocycles. The number of hydrogen-bond acceptors (Lipinski definition) is 2. The van der Waals surface area contributed by atoms with Crippen LogP contribution in [0.5, 0.6) is 5.75 Å². The zero-order chi connectivity index (χ0) is 13.4. The Morgan fingerprint density at radius 1 is 1.47 bits per heavy atom. The molecule has 0 atom stereocenters. The van der Waals surface area contributed by atoms with Crippen LogP contribution in [-0.4, -0.2) is 16.2 Å². The fraction of sp³-hybridized carbons (Fsp3) is 0.214. The van der Waals surface area contributed by atoms with Gasteiger partial charge in [-0.15, -0.1) is 0 Å². The highest BCUT2D eigenvalue weighted by Gasteiger charge is 2.18. The number of benzene rings is 1. The molecule has 1 aromatic carbocycles. The van der Waals surface area contributed by atoms with Gasteiger partial charge in [-0.05, 0) is 29.8 Å². The number of rotatable bonds is 3. The summed E-state index contributed by atoms with van der Waals surface area (Å²) in [5, 5.41) is 0.739. The van der Waals surface area contributed by atoms with Gasteiger partial charge >= 0.3 is 0 Å². The highest BCUT2D eigenvalue weighted by Crippen LogP contribution is 2.33. The molecule has 0 saturated carbocycles. The van der Waals surface area contributed by atoms with E-state index in [2.05, 4.69) is 0 Å². The molecule has 0 amide bonds. The standard InChI is InChI=1S/C14H13ClN2OS/c15-11-6-9-3-5-18-13(9)10(7-11)8-17-4-1-2-12(17)14(16)19/h1-2,4,6-7H,3,5,8H2,(H2,16,19). The molecule has 0 fully saturated rings. The third kappa shape index (κ3) is 2.33. The second kappa shape index (κ2) is 4.87. The van der Waals surface area contributed by atoms with Crippen LogP contribution in [0.15, 0.2) is 30.5 Å². The SMILES string of the molecule is NC(=S)c1cccn1Cc1cc(Cl)cc2c1OCC2. The Kier molecular flexibility index (Phi) is 3.21. The van der Waals surface area contributed by atoms with Crippen molar-refractivity contribution in [2.45, 2.75) is 13.0 Å². The molecular weight excluding hydrogens is 280 g/mol. The molecule has 98 valence electrons. The zero-order valence-electron chi connectivity index (χ0n) is 10.2. The largest absolute Gasteiger partial charge is 0.493 e. The summed E-state index contributed by atoms with van der Waals surface area (Å²) in [4.78, 5) is 0.393. The summed E-state index contributed by atoms with van der Waals surface area (Å²) in [5.41, 5.74) is 8.79. The van der Waals surface area contributed by atoms with Gasteiger partial charge < -0.3 is 15.0 Å². The summed E-state index contributed by atoms with van der Waals surface area (Å²) in [5.74, 6) is 0.951. The monoisotopic (exact) mass is 292 g/mol. The molecule has 3 rings (SSSR count). The van der Waals surface area contributed by atoms with Crippen molar-refractivity contribution in [2.24, 2.45) is 5.73 Å². The smallest absolute Gasteiger partial charge is 0.127 e. The van der Waals surface area contributed by atoms with Gasteiger partial charge in [0.1, 0.15) is 10.7 Å². The molecule has 0 bridgehead atoms. The van der Waals surface area contributed by atoms with Gasteiger partial charge in [0.2, 0.25) is 0 Å². The fourth-order valence-corrected chi connectivity index (χ4v) is 2.87. The van der Waals surface area contributed by atoms with E-state index in [0.29, 0.717) is 11.5 Å². The molecular formula is C14H13ClN2OS. The lowest BCUT2D eigenvalue weighted by Gasteiger charge is -2.12. The van der Waals surface area contributed by atoms with Crippen molar-refractivity contribution < 1.29 is 4.74 Å². The first-order valence-corrected chi connectivity index (χ1v) is 6.83. The molecule has 19 heavy (non-hydrogen) atoms. The number of aromatic nitrogens is 1. The maximum Gasteiger partial charge on any atom is 0.127 e. The molecule has 2 heterocycles. The second-order valence-corrected chi connectivity index (χ2v) is 5.41. The van der Waals surface area contributed by atoms with E-state index in [4.69, 9.17) is 34.3 Å². The molecule has 0 unspecified atom stereocenters. The van der Waals surface area contributed by atoms with E-state index in [1.165, 1.54) is 5.56 Å². The molecule has 1 aliphatic heterocycles. The Morgan fingerprint density at radius 2 is 2.32 bits per heavy atom. The van der Waals surface area contributed by atoms with Crippen molar-refractivity contribution in [3.63, 3.8) is 0 Å². The number of thiocarbonyl (C=S) groups is 1. The Balaban J connectivity index is 2.00. The van der Waals surface area contributed by atoms with E-state index >= 15 is 0 Å². The average Bonchev–Trinajstić information content (AvgIpc) is 2.96. The average molecular weight is 293 g/mol. The van der Waals surface area contributed by atoms with Crippen LogP contribution in [0.25, 0.3) is 0 Å². The van der Waals surface area contributed by atoms with Crippen LogP contribution >= 0.6 is 23.8 Å². The second-order valence-electron chi connectivity index (χ2n) is 4.54. The molecule has 0 spiro atoms. The van der Waals surface area contributed by atoms with Crippen molar-refractivity contribution in [3.05, 3.63) is 52.3 Å². The summed E-state index contributed by atoms with van der Waals surface area (Å²) < 4.78 is 7.71. The van der Waals surface area contributed by atoms with Crippen LogP contribution in [0.1, 0.15) is 16.8 Å². The van der Waals surface area contributed by atoms with Crippen molar-refractivity contribution in [1.82, 2.24) is 4.57 Å². The van der Waals surface area contributed by atoms with E-state index in [-0.39, 0.29) is 0 Å². The molecule has 2 N–H and O–H groups in total. The topological polar surface area (TPSA) is 40.2 Å². The first kappa shape index (κ1) is 12.5. The normalized spacial score (nSPS) is 13.1. The van der Waals surface area contributed by atoms with Gasteiger partial charge in [-0.3, -0.25) is 0 Å². The Labute approximate surface area is 121 Å². The molecule has 3 nitrogen and oxygen atoms in total.